The summed E-state index contributed by atoms with van der Waals surface area (Å²) in [5.74, 6) is 5.72. The fourth-order valence-corrected chi connectivity index (χ4v) is 8.03. The third-order valence-corrected chi connectivity index (χ3v) is 10.5. The molecular formula is C33H27N7. The van der Waals surface area contributed by atoms with Crippen molar-refractivity contribution in [3.8, 4) is 22.4 Å². The van der Waals surface area contributed by atoms with Gasteiger partial charge in [-0.25, -0.2) is 15.0 Å². The Labute approximate surface area is 229 Å². The highest BCUT2D eigenvalue weighted by Gasteiger charge is 2.81. The Kier molecular flexibility index (Phi) is 3.62. The van der Waals surface area contributed by atoms with Gasteiger partial charge in [-0.3, -0.25) is 0 Å². The van der Waals surface area contributed by atoms with E-state index in [0.717, 1.165) is 85.6 Å². The minimum atomic E-state index is 0.360. The second-order valence-electron chi connectivity index (χ2n) is 12.8. The molecule has 7 heteroatoms. The first-order valence-corrected chi connectivity index (χ1v) is 14.7. The van der Waals surface area contributed by atoms with E-state index >= 15 is 0 Å². The van der Waals surface area contributed by atoms with E-state index in [1.54, 1.807) is 0 Å². The highest BCUT2D eigenvalue weighted by molar-refractivity contribution is 5.89. The molecule has 6 aromatic rings. The summed E-state index contributed by atoms with van der Waals surface area (Å²) in [6.07, 6.45) is 2.53. The number of nitrogens with zero attached hydrogens (tertiary/aromatic N) is 3. The Morgan fingerprint density at radius 2 is 1.32 bits per heavy atom. The highest BCUT2D eigenvalue weighted by atomic mass is 15.2. The minimum absolute atomic E-state index is 0.360. The molecule has 6 aliphatic rings. The lowest BCUT2D eigenvalue weighted by Gasteiger charge is -2.08. The number of nitrogens with one attached hydrogen (secondary N) is 4. The molecule has 2 bridgehead atoms. The second-order valence-corrected chi connectivity index (χ2v) is 12.8. The highest BCUT2D eigenvalue weighted by Crippen LogP contribution is 2.77. The van der Waals surface area contributed by atoms with Crippen molar-refractivity contribution < 1.29 is 0 Å². The van der Waals surface area contributed by atoms with Crippen LogP contribution in [0, 0.1) is 23.7 Å². The summed E-state index contributed by atoms with van der Waals surface area (Å²) in [4.78, 5) is 22.0. The van der Waals surface area contributed by atoms with E-state index in [-0.39, 0.29) is 0 Å². The Morgan fingerprint density at radius 1 is 0.600 bits per heavy atom. The molecule has 3 aliphatic heterocycles. The summed E-state index contributed by atoms with van der Waals surface area (Å²) in [6.45, 7) is 0. The van der Waals surface area contributed by atoms with Gasteiger partial charge in [0.05, 0.1) is 45.4 Å². The van der Waals surface area contributed by atoms with E-state index in [1.807, 2.05) is 0 Å². The van der Waals surface area contributed by atoms with Crippen LogP contribution in [-0.2, 0) is 0 Å². The van der Waals surface area contributed by atoms with Crippen molar-refractivity contribution >= 4 is 33.0 Å². The number of aromatic nitrogens is 5. The number of hydrogen-bond donors (Lipinski definition) is 4. The third kappa shape index (κ3) is 2.83. The van der Waals surface area contributed by atoms with Crippen molar-refractivity contribution in [1.29, 1.82) is 0 Å². The summed E-state index contributed by atoms with van der Waals surface area (Å²) >= 11 is 0. The molecule has 3 saturated carbocycles. The average molecular weight is 522 g/mol. The van der Waals surface area contributed by atoms with Crippen molar-refractivity contribution in [2.24, 2.45) is 23.7 Å². The van der Waals surface area contributed by atoms with Crippen LogP contribution in [0.2, 0.25) is 0 Å². The zero-order valence-corrected chi connectivity index (χ0v) is 21.7. The predicted octanol–water partition coefficient (Wildman–Crippen LogP) is 5.63. The zero-order chi connectivity index (χ0) is 25.7. The number of pyridine rings is 1. The predicted molar refractivity (Wildman–Crippen MR) is 154 cm³/mol. The van der Waals surface area contributed by atoms with Crippen LogP contribution in [0.3, 0.4) is 0 Å². The van der Waals surface area contributed by atoms with Crippen molar-refractivity contribution in [1.82, 2.24) is 35.6 Å². The summed E-state index contributed by atoms with van der Waals surface area (Å²) < 4.78 is 0. The summed E-state index contributed by atoms with van der Waals surface area (Å²) in [5, 5.41) is 8.58. The van der Waals surface area contributed by atoms with Gasteiger partial charge in [0.2, 0.25) is 0 Å². The number of imidazole rings is 2. The van der Waals surface area contributed by atoms with E-state index in [9.17, 15) is 0 Å². The molecule has 40 heavy (non-hydrogen) atoms. The number of aromatic amines is 2. The van der Waals surface area contributed by atoms with Gasteiger partial charge in [0.15, 0.2) is 0 Å². The molecule has 3 aliphatic carbocycles. The topological polar surface area (TPSA) is 94.3 Å². The number of benzene rings is 3. The van der Waals surface area contributed by atoms with E-state index in [4.69, 9.17) is 15.0 Å². The van der Waals surface area contributed by atoms with E-state index < -0.39 is 0 Å². The molecule has 6 fully saturated rings. The minimum Gasteiger partial charge on any atom is -0.341 e. The molecule has 3 saturated heterocycles. The van der Waals surface area contributed by atoms with Gasteiger partial charge in [0.25, 0.3) is 0 Å². The number of piperidine rings is 2. The largest absolute Gasteiger partial charge is 0.341 e. The van der Waals surface area contributed by atoms with Gasteiger partial charge in [-0.2, -0.15) is 0 Å². The lowest BCUT2D eigenvalue weighted by atomic mass is 10.0. The quantitative estimate of drug-likeness (QED) is 0.241. The molecule has 0 spiro atoms. The fourth-order valence-electron chi connectivity index (χ4n) is 8.03. The van der Waals surface area contributed by atoms with Crippen molar-refractivity contribution in [3.63, 3.8) is 0 Å². The number of rotatable bonds is 4. The van der Waals surface area contributed by atoms with Gasteiger partial charge in [0.1, 0.15) is 11.6 Å². The zero-order valence-electron chi connectivity index (χ0n) is 21.7. The van der Waals surface area contributed by atoms with Crippen molar-refractivity contribution in [2.45, 2.75) is 37.0 Å². The smallest absolute Gasteiger partial charge is 0.124 e. The normalized spacial score (nSPS) is 32.6. The number of hydrogen-bond acceptors (Lipinski definition) is 5. The lowest BCUT2D eigenvalue weighted by molar-refractivity contribution is 0.544. The standard InChI is InChI=1S/C33H27N7/c1-5-19-16(9-14(1)15-2-7-22-24(10-15)39-33(37-22)31-29-27-28(29)30(27)40-31)3-6-20(34-19)17-4-8-21-25(11-17)38-32(36-21)26-13-18-12-23(18)35-26/h1-11,18,23,26-31,35,40H,12-13H2,(H,36,38)(H,37,39)/t18-,23-,26+,27-,28?,29?,30+,31+/m1/s1. The second kappa shape index (κ2) is 6.97. The monoisotopic (exact) mass is 521 g/mol. The Morgan fingerprint density at radius 3 is 2.10 bits per heavy atom. The van der Waals surface area contributed by atoms with Crippen LogP contribution in [0.25, 0.3) is 55.4 Å². The molecule has 194 valence electrons. The third-order valence-electron chi connectivity index (χ3n) is 10.5. The SMILES string of the molecule is c1cc2nc(-c3ccc4nc([C@@H]5C[C@H]6C[C@H]6N5)[nH]c4c3)ccc2cc1-c1ccc2nc([C@H]3N[C@@H]4C5C3[C@@H]54)[nH]c2c1. The molecule has 0 radical (unpaired) electrons. The maximum atomic E-state index is 5.03. The molecule has 0 amide bonds. The van der Waals surface area contributed by atoms with Crippen LogP contribution in [0.15, 0.2) is 66.7 Å². The maximum Gasteiger partial charge on any atom is 0.124 e. The Bertz CT molecular complexity index is 2030. The first kappa shape index (κ1) is 20.8. The molecule has 3 aromatic carbocycles. The van der Waals surface area contributed by atoms with Gasteiger partial charge >= 0.3 is 0 Å². The van der Waals surface area contributed by atoms with Crippen LogP contribution in [0.4, 0.5) is 0 Å². The first-order valence-electron chi connectivity index (χ1n) is 14.7. The molecule has 3 aromatic heterocycles. The lowest BCUT2D eigenvalue weighted by Crippen LogP contribution is -2.18. The van der Waals surface area contributed by atoms with E-state index in [0.29, 0.717) is 18.1 Å². The van der Waals surface area contributed by atoms with Crippen molar-refractivity contribution in [2.75, 3.05) is 0 Å². The van der Waals surface area contributed by atoms with Crippen LogP contribution in [0.5, 0.6) is 0 Å². The fraction of sp³-hybridized carbons (Fsp3) is 0.303. The van der Waals surface area contributed by atoms with Crippen LogP contribution in [0.1, 0.15) is 36.6 Å². The Hall–Kier alpha value is -4.07. The molecule has 12 rings (SSSR count). The van der Waals surface area contributed by atoms with Gasteiger partial charge < -0.3 is 20.6 Å². The Balaban J connectivity index is 0.899. The van der Waals surface area contributed by atoms with Crippen LogP contribution >= 0.6 is 0 Å². The summed E-state index contributed by atoms with van der Waals surface area (Å²) in [5.41, 5.74) is 9.71. The van der Waals surface area contributed by atoms with Gasteiger partial charge in [-0.15, -0.1) is 0 Å². The number of H-pyrrole nitrogens is 2. The molecule has 8 atom stereocenters. The van der Waals surface area contributed by atoms with E-state index in [1.165, 1.54) is 24.0 Å². The molecule has 4 N–H and O–H groups in total. The molecular weight excluding hydrogens is 494 g/mol. The van der Waals surface area contributed by atoms with Gasteiger partial charge in [-0.05, 0) is 90.1 Å². The maximum absolute atomic E-state index is 5.03. The summed E-state index contributed by atoms with van der Waals surface area (Å²) in [6, 6.07) is 26.1. The van der Waals surface area contributed by atoms with Crippen molar-refractivity contribution in [3.05, 3.63) is 78.4 Å². The van der Waals surface area contributed by atoms with E-state index in [2.05, 4.69) is 87.3 Å². The summed E-state index contributed by atoms with van der Waals surface area (Å²) in [7, 11) is 0. The molecule has 6 heterocycles. The number of fused-ring (bicyclic) bond motifs is 5. The van der Waals surface area contributed by atoms with Crippen LogP contribution in [-0.4, -0.2) is 37.0 Å². The van der Waals surface area contributed by atoms with Gasteiger partial charge in [0, 0.05) is 23.0 Å². The molecule has 7 nitrogen and oxygen atoms in total. The average Bonchev–Trinajstić information content (AvgIpc) is 3.76. The van der Waals surface area contributed by atoms with Crippen LogP contribution < -0.4 is 10.6 Å². The first-order chi connectivity index (χ1) is 19.7. The van der Waals surface area contributed by atoms with Gasteiger partial charge in [-0.1, -0.05) is 24.3 Å². The molecule has 2 unspecified atom stereocenters.